The molecule has 58 valence electrons. The van der Waals surface area contributed by atoms with Gasteiger partial charge < -0.3 is 15.5 Å². The first-order valence-corrected chi connectivity index (χ1v) is 3.29. The van der Waals surface area contributed by atoms with Crippen molar-refractivity contribution in [2.45, 2.75) is 12.5 Å². The molecule has 1 aliphatic rings. The molecule has 10 heavy (non-hydrogen) atoms. The largest absolute Gasteiger partial charge is 0.394 e. The van der Waals surface area contributed by atoms with Crippen molar-refractivity contribution in [2.75, 3.05) is 13.2 Å². The lowest BCUT2D eigenvalue weighted by Crippen LogP contribution is -2.25. The minimum Gasteiger partial charge on any atom is -0.394 e. The van der Waals surface area contributed by atoms with Crippen molar-refractivity contribution in [1.82, 2.24) is 5.32 Å². The van der Waals surface area contributed by atoms with E-state index in [1.165, 1.54) is 0 Å². The monoisotopic (exact) mass is 145 g/mol. The van der Waals surface area contributed by atoms with E-state index in [4.69, 9.17) is 10.2 Å². The number of hydrogen-bond acceptors (Lipinski definition) is 3. The van der Waals surface area contributed by atoms with Crippen LogP contribution in [0.4, 0.5) is 0 Å². The smallest absolute Gasteiger partial charge is 0.220 e. The van der Waals surface area contributed by atoms with Gasteiger partial charge >= 0.3 is 0 Å². The summed E-state index contributed by atoms with van der Waals surface area (Å²) in [6.07, 6.45) is -0.416. The fourth-order valence-electron chi connectivity index (χ4n) is 1.05. The fourth-order valence-corrected chi connectivity index (χ4v) is 1.05. The maximum Gasteiger partial charge on any atom is 0.220 e. The van der Waals surface area contributed by atoms with E-state index in [2.05, 4.69) is 5.32 Å². The summed E-state index contributed by atoms with van der Waals surface area (Å²) in [4.78, 5) is 10.6. The highest BCUT2D eigenvalue weighted by Crippen LogP contribution is 2.12. The molecule has 3 N–H and O–H groups in total. The first kappa shape index (κ1) is 7.50. The van der Waals surface area contributed by atoms with Crippen molar-refractivity contribution in [3.05, 3.63) is 0 Å². The van der Waals surface area contributed by atoms with E-state index < -0.39 is 6.10 Å². The van der Waals surface area contributed by atoms with E-state index in [0.29, 0.717) is 13.0 Å². The molecule has 0 bridgehead atoms. The average Bonchev–Trinajstić information content (AvgIpc) is 2.34. The third-order valence-electron chi connectivity index (χ3n) is 1.74. The van der Waals surface area contributed by atoms with E-state index in [1.54, 1.807) is 0 Å². The van der Waals surface area contributed by atoms with Crippen molar-refractivity contribution in [2.24, 2.45) is 5.92 Å². The molecule has 1 unspecified atom stereocenters. The lowest BCUT2D eigenvalue weighted by molar-refractivity contribution is -0.119. The van der Waals surface area contributed by atoms with Gasteiger partial charge in [-0.25, -0.2) is 0 Å². The SMILES string of the molecule is O=C1C[C@H](C(O)CO)CN1. The molecule has 0 aliphatic carbocycles. The van der Waals surface area contributed by atoms with Crippen LogP contribution in [-0.4, -0.2) is 35.4 Å². The van der Waals surface area contributed by atoms with Crippen molar-refractivity contribution in [3.63, 3.8) is 0 Å². The third-order valence-corrected chi connectivity index (χ3v) is 1.74. The zero-order valence-corrected chi connectivity index (χ0v) is 5.58. The highest BCUT2D eigenvalue weighted by Gasteiger charge is 2.27. The number of rotatable bonds is 2. The molecule has 0 aromatic carbocycles. The van der Waals surface area contributed by atoms with E-state index in [9.17, 15) is 4.79 Å². The summed E-state index contributed by atoms with van der Waals surface area (Å²) >= 11 is 0. The predicted octanol–water partition coefficient (Wildman–Crippen LogP) is -1.52. The maximum absolute atomic E-state index is 10.6. The summed E-state index contributed by atoms with van der Waals surface area (Å²) in [6.45, 7) is 0.222. The first-order valence-electron chi connectivity index (χ1n) is 3.29. The Balaban J connectivity index is 2.36. The third kappa shape index (κ3) is 1.46. The summed E-state index contributed by atoms with van der Waals surface area (Å²) in [5, 5.41) is 20.1. The lowest BCUT2D eigenvalue weighted by atomic mass is 10.0. The topological polar surface area (TPSA) is 69.6 Å². The molecule has 4 nitrogen and oxygen atoms in total. The number of aliphatic hydroxyl groups is 2. The fraction of sp³-hybridized carbons (Fsp3) is 0.833. The van der Waals surface area contributed by atoms with Crippen LogP contribution in [0.1, 0.15) is 6.42 Å². The maximum atomic E-state index is 10.6. The molecule has 0 spiro atoms. The Kier molecular flexibility index (Phi) is 2.24. The highest BCUT2D eigenvalue weighted by atomic mass is 16.3. The number of nitrogens with one attached hydrogen (secondary N) is 1. The van der Waals surface area contributed by atoms with Crippen LogP contribution in [0.2, 0.25) is 0 Å². The normalized spacial score (nSPS) is 28.2. The molecule has 0 radical (unpaired) electrons. The molecule has 1 aliphatic heterocycles. The standard InChI is InChI=1S/C6H11NO3/c8-3-5(9)4-1-6(10)7-2-4/h4-5,8-9H,1-3H2,(H,7,10)/t4-,5?/m0/s1. The summed E-state index contributed by atoms with van der Waals surface area (Å²) in [7, 11) is 0. The van der Waals surface area contributed by atoms with Gasteiger partial charge in [-0.15, -0.1) is 0 Å². The molecule has 1 heterocycles. The van der Waals surface area contributed by atoms with Gasteiger partial charge in [-0.05, 0) is 0 Å². The second-order valence-corrected chi connectivity index (χ2v) is 2.52. The first-order chi connectivity index (χ1) is 4.74. The van der Waals surface area contributed by atoms with Gasteiger partial charge in [0.2, 0.25) is 5.91 Å². The van der Waals surface area contributed by atoms with E-state index in [-0.39, 0.29) is 18.4 Å². The Hall–Kier alpha value is -0.610. The highest BCUT2D eigenvalue weighted by molar-refractivity contribution is 5.78. The molecular weight excluding hydrogens is 134 g/mol. The summed E-state index contributed by atoms with van der Waals surface area (Å²) in [6, 6.07) is 0. The molecule has 1 amide bonds. The van der Waals surface area contributed by atoms with Crippen LogP contribution in [0.15, 0.2) is 0 Å². The Morgan fingerprint density at radius 3 is 2.90 bits per heavy atom. The summed E-state index contributed by atoms with van der Waals surface area (Å²) in [5.74, 6) is -0.144. The van der Waals surface area contributed by atoms with Crippen molar-refractivity contribution in [1.29, 1.82) is 0 Å². The van der Waals surface area contributed by atoms with E-state index in [1.807, 2.05) is 0 Å². The minimum absolute atomic E-state index is 0.0440. The van der Waals surface area contributed by atoms with Crippen LogP contribution in [0, 0.1) is 5.92 Å². The van der Waals surface area contributed by atoms with Gasteiger partial charge in [-0.1, -0.05) is 0 Å². The van der Waals surface area contributed by atoms with Gasteiger partial charge in [-0.2, -0.15) is 0 Å². The predicted molar refractivity (Wildman–Crippen MR) is 34.2 cm³/mol. The van der Waals surface area contributed by atoms with Crippen molar-refractivity contribution < 1.29 is 15.0 Å². The van der Waals surface area contributed by atoms with Crippen molar-refractivity contribution in [3.8, 4) is 0 Å². The molecule has 1 rings (SSSR count). The molecule has 1 fully saturated rings. The van der Waals surface area contributed by atoms with Crippen LogP contribution >= 0.6 is 0 Å². The average molecular weight is 145 g/mol. The van der Waals surface area contributed by atoms with Gasteiger partial charge in [0.15, 0.2) is 0 Å². The number of carbonyl (C=O) groups is 1. The zero-order valence-electron chi connectivity index (χ0n) is 5.58. The van der Waals surface area contributed by atoms with E-state index in [0.717, 1.165) is 0 Å². The Bertz CT molecular complexity index is 137. The molecule has 0 aromatic rings. The number of amides is 1. The lowest BCUT2D eigenvalue weighted by Gasteiger charge is -2.11. The summed E-state index contributed by atoms with van der Waals surface area (Å²) in [5.41, 5.74) is 0. The second kappa shape index (κ2) is 2.98. The van der Waals surface area contributed by atoms with Crippen LogP contribution in [0.3, 0.4) is 0 Å². The molecule has 2 atom stereocenters. The molecule has 0 aromatic heterocycles. The molecule has 0 saturated carbocycles. The van der Waals surface area contributed by atoms with Crippen LogP contribution in [0.25, 0.3) is 0 Å². The van der Waals surface area contributed by atoms with Gasteiger partial charge in [0, 0.05) is 18.9 Å². The van der Waals surface area contributed by atoms with Crippen LogP contribution in [-0.2, 0) is 4.79 Å². The molecule has 4 heteroatoms. The van der Waals surface area contributed by atoms with Gasteiger partial charge in [-0.3, -0.25) is 4.79 Å². The Labute approximate surface area is 58.9 Å². The molecular formula is C6H11NO3. The van der Waals surface area contributed by atoms with Crippen LogP contribution < -0.4 is 5.32 Å². The van der Waals surface area contributed by atoms with Gasteiger partial charge in [0.25, 0.3) is 0 Å². The molecule has 1 saturated heterocycles. The van der Waals surface area contributed by atoms with Gasteiger partial charge in [0.05, 0.1) is 12.7 Å². The second-order valence-electron chi connectivity index (χ2n) is 2.52. The number of aliphatic hydroxyl groups excluding tert-OH is 2. The Morgan fingerprint density at radius 1 is 1.80 bits per heavy atom. The quantitative estimate of drug-likeness (QED) is 0.442. The zero-order chi connectivity index (χ0) is 7.56. The Morgan fingerprint density at radius 2 is 2.50 bits per heavy atom. The van der Waals surface area contributed by atoms with E-state index >= 15 is 0 Å². The van der Waals surface area contributed by atoms with Gasteiger partial charge in [0.1, 0.15) is 0 Å². The number of carbonyl (C=O) groups excluding carboxylic acids is 1. The number of hydrogen-bond donors (Lipinski definition) is 3. The summed E-state index contributed by atoms with van der Waals surface area (Å²) < 4.78 is 0. The van der Waals surface area contributed by atoms with Crippen LogP contribution in [0.5, 0.6) is 0 Å². The van der Waals surface area contributed by atoms with Crippen molar-refractivity contribution >= 4 is 5.91 Å². The minimum atomic E-state index is -0.751.